The maximum Gasteiger partial charge on any atom is 0.271 e. The third-order valence-corrected chi connectivity index (χ3v) is 6.01. The van der Waals surface area contributed by atoms with Gasteiger partial charge in [-0.2, -0.15) is 5.10 Å². The van der Waals surface area contributed by atoms with Crippen LogP contribution in [-0.2, 0) is 6.54 Å². The van der Waals surface area contributed by atoms with Crippen LogP contribution < -0.4 is 10.3 Å². The molecule has 35 heavy (non-hydrogen) atoms. The minimum atomic E-state index is -0.480. The number of amides is 2. The highest BCUT2D eigenvalue weighted by molar-refractivity contribution is 6.24. The Bertz CT molecular complexity index is 1520. The average Bonchev–Trinajstić information content (AvgIpc) is 3.15. The van der Waals surface area contributed by atoms with Crippen LogP contribution in [0.1, 0.15) is 38.8 Å². The monoisotopic (exact) mass is 464 g/mol. The maximum absolute atomic E-state index is 13.0. The summed E-state index contributed by atoms with van der Waals surface area (Å²) in [4.78, 5) is 37.8. The number of carbonyl (C=O) groups is 2. The number of hydrogen-bond acceptors (Lipinski definition) is 5. The summed E-state index contributed by atoms with van der Waals surface area (Å²) in [6.07, 6.45) is 0. The van der Waals surface area contributed by atoms with Crippen molar-refractivity contribution in [2.75, 3.05) is 4.90 Å². The molecule has 1 heterocycles. The van der Waals surface area contributed by atoms with Crippen LogP contribution in [0.25, 0.3) is 10.8 Å². The van der Waals surface area contributed by atoms with Gasteiger partial charge in [0.25, 0.3) is 17.5 Å². The van der Waals surface area contributed by atoms with Crippen LogP contribution in [-0.4, -0.2) is 22.4 Å². The molecule has 172 valence electrons. The number of non-ortho nitro benzene ring substituents is 1. The van der Waals surface area contributed by atoms with Crippen molar-refractivity contribution in [3.05, 3.63) is 117 Å². The summed E-state index contributed by atoms with van der Waals surface area (Å²) < 4.78 is 0. The van der Waals surface area contributed by atoms with Crippen LogP contribution in [0.4, 0.5) is 11.4 Å². The number of rotatable bonds is 6. The molecule has 4 aromatic rings. The van der Waals surface area contributed by atoms with Crippen LogP contribution in [0, 0.1) is 10.1 Å². The Labute approximate surface area is 200 Å². The van der Waals surface area contributed by atoms with Crippen LogP contribution in [0.15, 0.2) is 90.0 Å². The minimum absolute atomic E-state index is 0.0374. The fourth-order valence-electron chi connectivity index (χ4n) is 4.19. The second kappa shape index (κ2) is 8.83. The van der Waals surface area contributed by atoms with E-state index in [1.54, 1.807) is 36.1 Å². The van der Waals surface area contributed by atoms with Crippen molar-refractivity contribution in [2.24, 2.45) is 5.10 Å². The molecule has 0 aromatic heterocycles. The van der Waals surface area contributed by atoms with E-state index in [1.165, 1.54) is 12.1 Å². The molecule has 0 saturated heterocycles. The van der Waals surface area contributed by atoms with E-state index in [0.717, 1.165) is 22.0 Å². The molecule has 0 radical (unpaired) electrons. The summed E-state index contributed by atoms with van der Waals surface area (Å²) in [5, 5.41) is 17.0. The van der Waals surface area contributed by atoms with Gasteiger partial charge in [-0.3, -0.25) is 19.7 Å². The van der Waals surface area contributed by atoms with Gasteiger partial charge in [-0.05, 0) is 42.1 Å². The van der Waals surface area contributed by atoms with Gasteiger partial charge in [0.05, 0.1) is 22.9 Å². The van der Waals surface area contributed by atoms with Gasteiger partial charge in [0, 0.05) is 34.2 Å². The lowest BCUT2D eigenvalue weighted by molar-refractivity contribution is -0.384. The molecule has 0 spiro atoms. The SMILES string of the molecule is CC(=NNC(=O)c1ccc(CN2C(=O)c3cccc4cccc2c34)cc1)c1cccc([N+](=O)[O-])c1. The number of nitro groups is 1. The molecule has 0 atom stereocenters. The quantitative estimate of drug-likeness (QED) is 0.245. The predicted octanol–water partition coefficient (Wildman–Crippen LogP) is 5.06. The Morgan fingerprint density at radius 2 is 1.69 bits per heavy atom. The molecule has 0 bridgehead atoms. The highest BCUT2D eigenvalue weighted by Gasteiger charge is 2.29. The third-order valence-electron chi connectivity index (χ3n) is 6.01. The van der Waals surface area contributed by atoms with Crippen LogP contribution in [0.5, 0.6) is 0 Å². The zero-order chi connectivity index (χ0) is 24.5. The number of nitro benzene ring substituents is 1. The van der Waals surface area contributed by atoms with E-state index in [2.05, 4.69) is 10.5 Å². The number of anilines is 1. The van der Waals surface area contributed by atoms with Crippen molar-refractivity contribution in [1.29, 1.82) is 0 Å². The van der Waals surface area contributed by atoms with Gasteiger partial charge in [0.15, 0.2) is 0 Å². The third kappa shape index (κ3) is 4.13. The molecule has 4 aromatic carbocycles. The summed E-state index contributed by atoms with van der Waals surface area (Å²) in [5.74, 6) is -0.444. The number of carbonyl (C=O) groups excluding carboxylic acids is 2. The molecular formula is C27H20N4O4. The van der Waals surface area contributed by atoms with E-state index in [1.807, 2.05) is 48.5 Å². The van der Waals surface area contributed by atoms with Crippen molar-refractivity contribution in [2.45, 2.75) is 13.5 Å². The fraction of sp³-hybridized carbons (Fsp3) is 0.0741. The molecule has 0 saturated carbocycles. The lowest BCUT2D eigenvalue weighted by atomic mass is 10.1. The van der Waals surface area contributed by atoms with Crippen LogP contribution in [0.3, 0.4) is 0 Å². The Hall–Kier alpha value is -4.85. The summed E-state index contributed by atoms with van der Waals surface area (Å²) >= 11 is 0. The van der Waals surface area contributed by atoms with Crippen LogP contribution in [0.2, 0.25) is 0 Å². The second-order valence-corrected chi connectivity index (χ2v) is 8.21. The van der Waals surface area contributed by atoms with Crippen LogP contribution >= 0.6 is 0 Å². The summed E-state index contributed by atoms with van der Waals surface area (Å²) in [6, 6.07) is 24.6. The molecular weight excluding hydrogens is 444 g/mol. The molecule has 1 N–H and O–H groups in total. The first-order valence-corrected chi connectivity index (χ1v) is 10.9. The van der Waals surface area contributed by atoms with E-state index in [9.17, 15) is 19.7 Å². The van der Waals surface area contributed by atoms with E-state index in [4.69, 9.17) is 0 Å². The predicted molar refractivity (Wildman–Crippen MR) is 134 cm³/mol. The summed E-state index contributed by atoms with van der Waals surface area (Å²) in [6.45, 7) is 2.05. The van der Waals surface area contributed by atoms with E-state index in [-0.39, 0.29) is 11.6 Å². The zero-order valence-corrected chi connectivity index (χ0v) is 18.8. The molecule has 0 unspecified atom stereocenters. The number of benzene rings is 4. The Morgan fingerprint density at radius 3 is 2.43 bits per heavy atom. The van der Waals surface area contributed by atoms with Gasteiger partial charge in [0.2, 0.25) is 0 Å². The van der Waals surface area contributed by atoms with Gasteiger partial charge < -0.3 is 4.90 Å². The minimum Gasteiger partial charge on any atom is -0.303 e. The normalized spacial score (nSPS) is 12.8. The number of nitrogens with one attached hydrogen (secondary N) is 1. The first-order chi connectivity index (χ1) is 16.9. The second-order valence-electron chi connectivity index (χ2n) is 8.21. The number of nitrogens with zero attached hydrogens (tertiary/aromatic N) is 3. The van der Waals surface area contributed by atoms with Gasteiger partial charge in [0.1, 0.15) is 0 Å². The Kier molecular flexibility index (Phi) is 5.54. The van der Waals surface area contributed by atoms with Crippen molar-refractivity contribution >= 4 is 39.7 Å². The smallest absolute Gasteiger partial charge is 0.271 e. The molecule has 0 fully saturated rings. The highest BCUT2D eigenvalue weighted by atomic mass is 16.6. The molecule has 8 heteroatoms. The molecule has 2 amide bonds. The van der Waals surface area contributed by atoms with Gasteiger partial charge in [-0.15, -0.1) is 0 Å². The molecule has 1 aliphatic heterocycles. The highest BCUT2D eigenvalue weighted by Crippen LogP contribution is 2.37. The fourth-order valence-corrected chi connectivity index (χ4v) is 4.19. The average molecular weight is 464 g/mol. The van der Waals surface area contributed by atoms with Gasteiger partial charge >= 0.3 is 0 Å². The lowest BCUT2D eigenvalue weighted by Crippen LogP contribution is -2.26. The first-order valence-electron chi connectivity index (χ1n) is 10.9. The van der Waals surface area contributed by atoms with E-state index in [0.29, 0.717) is 28.9 Å². The van der Waals surface area contributed by atoms with Crippen molar-refractivity contribution < 1.29 is 14.5 Å². The van der Waals surface area contributed by atoms with E-state index >= 15 is 0 Å². The lowest BCUT2D eigenvalue weighted by Gasteiger charge is -2.18. The Balaban J connectivity index is 1.28. The van der Waals surface area contributed by atoms with Crippen molar-refractivity contribution in [1.82, 2.24) is 5.43 Å². The summed E-state index contributed by atoms with van der Waals surface area (Å²) in [5.41, 5.74) is 6.30. The molecule has 0 aliphatic carbocycles. The number of hydrazone groups is 1. The first kappa shape index (κ1) is 22.0. The summed E-state index contributed by atoms with van der Waals surface area (Å²) in [7, 11) is 0. The van der Waals surface area contributed by atoms with Crippen molar-refractivity contribution in [3.63, 3.8) is 0 Å². The molecule has 5 rings (SSSR count). The topological polar surface area (TPSA) is 105 Å². The number of hydrogen-bond donors (Lipinski definition) is 1. The van der Waals surface area contributed by atoms with Gasteiger partial charge in [-0.1, -0.05) is 48.5 Å². The molecule has 8 nitrogen and oxygen atoms in total. The standard InChI is InChI=1S/C27H20N4O4/c1-17(21-7-2-8-22(15-21)31(34)35)28-29-26(32)20-13-11-18(12-14-20)16-30-24-10-4-6-19-5-3-9-23(25(19)24)27(30)33/h2-15H,16H2,1H3,(H,29,32). The van der Waals surface area contributed by atoms with Gasteiger partial charge in [-0.25, -0.2) is 5.43 Å². The maximum atomic E-state index is 13.0. The zero-order valence-electron chi connectivity index (χ0n) is 18.8. The molecule has 1 aliphatic rings. The van der Waals surface area contributed by atoms with E-state index < -0.39 is 10.8 Å². The van der Waals surface area contributed by atoms with Crippen molar-refractivity contribution in [3.8, 4) is 0 Å². The largest absolute Gasteiger partial charge is 0.303 e. The Morgan fingerprint density at radius 1 is 0.971 bits per heavy atom.